The monoisotopic (exact) mass is 468 g/mol. The van der Waals surface area contributed by atoms with E-state index in [0.29, 0.717) is 18.6 Å². The van der Waals surface area contributed by atoms with E-state index >= 15 is 0 Å². The van der Waals surface area contributed by atoms with E-state index in [-0.39, 0.29) is 30.4 Å². The zero-order valence-corrected chi connectivity index (χ0v) is 18.7. The van der Waals surface area contributed by atoms with Gasteiger partial charge in [0.1, 0.15) is 0 Å². The van der Waals surface area contributed by atoms with Crippen LogP contribution in [0.4, 0.5) is 0 Å². The summed E-state index contributed by atoms with van der Waals surface area (Å²) in [5.74, 6) is 4.47. The number of allylic oxidation sites excluding steroid dienone is 3. The molecule has 0 saturated carbocycles. The van der Waals surface area contributed by atoms with Crippen molar-refractivity contribution >= 4 is 33.5 Å². The van der Waals surface area contributed by atoms with Crippen LogP contribution in [0.25, 0.3) is 0 Å². The lowest BCUT2D eigenvalue weighted by Gasteiger charge is -2.15. The number of carbonyl (C=O) groups is 3. The Labute approximate surface area is 185 Å². The van der Waals surface area contributed by atoms with E-state index in [0.717, 1.165) is 46.9 Å². The summed E-state index contributed by atoms with van der Waals surface area (Å²) in [5, 5.41) is 0. The predicted octanol–water partition coefficient (Wildman–Crippen LogP) is 5.10. The smallest absolute Gasteiger partial charge is 0.309 e. The molecule has 156 valence electrons. The van der Waals surface area contributed by atoms with Crippen LogP contribution in [-0.2, 0) is 19.1 Å². The second-order valence-electron chi connectivity index (χ2n) is 7.58. The number of ketones is 2. The molecule has 0 N–H and O–H groups in total. The number of rotatable bonds is 6. The first-order valence-electron chi connectivity index (χ1n) is 10.4. The van der Waals surface area contributed by atoms with Crippen LogP contribution >= 0.6 is 15.9 Å². The molecule has 30 heavy (non-hydrogen) atoms. The first kappa shape index (κ1) is 22.2. The number of hydrogen-bond acceptors (Lipinski definition) is 4. The molecule has 0 heterocycles. The van der Waals surface area contributed by atoms with E-state index in [1.807, 2.05) is 24.3 Å². The van der Waals surface area contributed by atoms with Crippen molar-refractivity contribution in [3.05, 3.63) is 57.1 Å². The van der Waals surface area contributed by atoms with Gasteiger partial charge in [0, 0.05) is 27.9 Å². The third-order valence-electron chi connectivity index (χ3n) is 5.36. The number of carbonyl (C=O) groups excluding carboxylic acids is 3. The van der Waals surface area contributed by atoms with E-state index in [4.69, 9.17) is 4.74 Å². The van der Waals surface area contributed by atoms with Gasteiger partial charge in [-0.2, -0.15) is 0 Å². The fourth-order valence-corrected chi connectivity index (χ4v) is 4.25. The molecule has 0 saturated heterocycles. The third kappa shape index (κ3) is 5.79. The van der Waals surface area contributed by atoms with Gasteiger partial charge in [0.15, 0.2) is 5.78 Å². The molecule has 0 bridgehead atoms. The summed E-state index contributed by atoms with van der Waals surface area (Å²) >= 11 is 3.37. The van der Waals surface area contributed by atoms with E-state index in [1.165, 1.54) is 0 Å². The molecule has 1 unspecified atom stereocenters. The van der Waals surface area contributed by atoms with Gasteiger partial charge in [0.2, 0.25) is 5.78 Å². The summed E-state index contributed by atoms with van der Waals surface area (Å²) < 4.78 is 6.04. The average Bonchev–Trinajstić information content (AvgIpc) is 3.03. The van der Waals surface area contributed by atoms with Gasteiger partial charge in [-0.1, -0.05) is 27.9 Å². The van der Waals surface area contributed by atoms with Crippen LogP contribution in [-0.4, -0.2) is 24.1 Å². The highest BCUT2D eigenvalue weighted by Crippen LogP contribution is 2.39. The van der Waals surface area contributed by atoms with Gasteiger partial charge >= 0.3 is 5.97 Å². The Balaban J connectivity index is 1.73. The quantitative estimate of drug-likeness (QED) is 0.430. The largest absolute Gasteiger partial charge is 0.466 e. The van der Waals surface area contributed by atoms with Crippen molar-refractivity contribution in [1.29, 1.82) is 0 Å². The molecule has 0 spiro atoms. The number of halogens is 1. The van der Waals surface area contributed by atoms with E-state index < -0.39 is 5.92 Å². The number of esters is 1. The minimum absolute atomic E-state index is 0.0266. The highest BCUT2D eigenvalue weighted by molar-refractivity contribution is 9.10. The van der Waals surface area contributed by atoms with Crippen LogP contribution in [0, 0.1) is 17.8 Å². The molecule has 2 aliphatic rings. The molecule has 4 nitrogen and oxygen atoms in total. The van der Waals surface area contributed by atoms with Crippen molar-refractivity contribution in [3.8, 4) is 11.8 Å². The highest BCUT2D eigenvalue weighted by atomic mass is 79.9. The van der Waals surface area contributed by atoms with Crippen molar-refractivity contribution in [1.82, 2.24) is 0 Å². The summed E-state index contributed by atoms with van der Waals surface area (Å²) in [6.45, 7) is 2.08. The van der Waals surface area contributed by atoms with Crippen LogP contribution in [0.15, 0.2) is 51.5 Å². The average molecular weight is 469 g/mol. The number of hydrogen-bond donors (Lipinski definition) is 0. The summed E-state index contributed by atoms with van der Waals surface area (Å²) in [6.07, 6.45) is 6.67. The zero-order valence-electron chi connectivity index (χ0n) is 17.1. The Morgan fingerprint density at radius 2 is 1.97 bits per heavy atom. The molecule has 3 rings (SSSR count). The van der Waals surface area contributed by atoms with Crippen LogP contribution in [0.3, 0.4) is 0 Å². The molecule has 0 aliphatic heterocycles. The molecule has 2 aliphatic carbocycles. The second-order valence-corrected chi connectivity index (χ2v) is 8.50. The number of ether oxygens (including phenoxy) is 1. The number of benzene rings is 1. The fourth-order valence-electron chi connectivity index (χ4n) is 3.98. The van der Waals surface area contributed by atoms with Crippen LogP contribution in [0.5, 0.6) is 0 Å². The normalized spacial score (nSPS) is 18.5. The molecule has 1 aromatic carbocycles. The van der Waals surface area contributed by atoms with Crippen molar-refractivity contribution in [2.45, 2.75) is 51.9 Å². The molecule has 1 atom stereocenters. The van der Waals surface area contributed by atoms with Gasteiger partial charge in [-0.05, 0) is 80.4 Å². The molecular formula is C25H25BrO4. The summed E-state index contributed by atoms with van der Waals surface area (Å²) in [7, 11) is 0. The first-order valence-corrected chi connectivity index (χ1v) is 11.2. The van der Waals surface area contributed by atoms with Crippen molar-refractivity contribution in [2.24, 2.45) is 5.92 Å². The lowest BCUT2D eigenvalue weighted by atomic mass is 9.89. The Kier molecular flexibility index (Phi) is 7.81. The first-order chi connectivity index (χ1) is 14.5. The van der Waals surface area contributed by atoms with Gasteiger partial charge in [-0.3, -0.25) is 14.4 Å². The van der Waals surface area contributed by atoms with Gasteiger partial charge < -0.3 is 4.74 Å². The van der Waals surface area contributed by atoms with Crippen LogP contribution in [0.2, 0.25) is 0 Å². The van der Waals surface area contributed by atoms with Gasteiger partial charge in [0.05, 0.1) is 13.0 Å². The predicted molar refractivity (Wildman–Crippen MR) is 119 cm³/mol. The molecule has 1 aromatic rings. The molecule has 0 fully saturated rings. The standard InChI is InChI=1S/C25H25BrO4/c1-2-30-23(28)16-19-14-20(25(29)24(19)18-6-4-3-5-7-18)15-22(27)13-10-17-8-11-21(26)12-9-17/h6,8-9,11-12,20H,2-5,7,14-16H2,1H3. The second kappa shape index (κ2) is 10.5. The molecule has 0 aromatic heterocycles. The Morgan fingerprint density at radius 3 is 2.63 bits per heavy atom. The van der Waals surface area contributed by atoms with Crippen molar-refractivity contribution < 1.29 is 19.1 Å². The zero-order chi connectivity index (χ0) is 21.5. The van der Waals surface area contributed by atoms with E-state index in [2.05, 4.69) is 33.8 Å². The van der Waals surface area contributed by atoms with Gasteiger partial charge in [-0.15, -0.1) is 0 Å². The van der Waals surface area contributed by atoms with Gasteiger partial charge in [0.25, 0.3) is 0 Å². The maximum absolute atomic E-state index is 13.1. The molecule has 5 heteroatoms. The fraction of sp³-hybridized carbons (Fsp3) is 0.400. The minimum atomic E-state index is -0.445. The lowest BCUT2D eigenvalue weighted by molar-refractivity contribution is -0.142. The summed E-state index contributed by atoms with van der Waals surface area (Å²) in [4.78, 5) is 37.7. The van der Waals surface area contributed by atoms with Crippen molar-refractivity contribution in [2.75, 3.05) is 6.61 Å². The Hall–Kier alpha value is -2.45. The summed E-state index contributed by atoms with van der Waals surface area (Å²) in [5.41, 5.74) is 3.26. The van der Waals surface area contributed by atoms with Crippen molar-refractivity contribution in [3.63, 3.8) is 0 Å². The van der Waals surface area contributed by atoms with Crippen LogP contribution in [0.1, 0.15) is 57.4 Å². The van der Waals surface area contributed by atoms with E-state index in [1.54, 1.807) is 6.92 Å². The molecule has 0 radical (unpaired) electrons. The van der Waals surface area contributed by atoms with Crippen LogP contribution < -0.4 is 0 Å². The summed E-state index contributed by atoms with van der Waals surface area (Å²) in [6, 6.07) is 7.39. The molecule has 0 amide bonds. The Bertz CT molecular complexity index is 957. The topological polar surface area (TPSA) is 60.4 Å². The maximum Gasteiger partial charge on any atom is 0.309 e. The maximum atomic E-state index is 13.1. The van der Waals surface area contributed by atoms with Gasteiger partial charge in [-0.25, -0.2) is 0 Å². The lowest BCUT2D eigenvalue weighted by Crippen LogP contribution is -2.15. The highest BCUT2D eigenvalue weighted by Gasteiger charge is 2.36. The number of Topliss-reactive ketones (excluding diaryl/α,β-unsaturated/α-hetero) is 2. The Morgan fingerprint density at radius 1 is 1.20 bits per heavy atom. The molecular weight excluding hydrogens is 444 g/mol. The SMILES string of the molecule is CCOC(=O)CC1=C(C2=CCCCC2)C(=O)C(CC(=O)C#Cc2ccc(Br)cc2)C1. The van der Waals surface area contributed by atoms with E-state index in [9.17, 15) is 14.4 Å². The third-order valence-corrected chi connectivity index (χ3v) is 5.89. The minimum Gasteiger partial charge on any atom is -0.466 e.